The molecular formula is C23H29N9O. The second-order valence-electron chi connectivity index (χ2n) is 8.21. The fourth-order valence-electron chi connectivity index (χ4n) is 3.90. The molecule has 2 fully saturated rings. The van der Waals surface area contributed by atoms with E-state index in [2.05, 4.69) is 71.6 Å². The number of anilines is 6. The van der Waals surface area contributed by atoms with Gasteiger partial charge in [0.15, 0.2) is 0 Å². The first-order valence-electron chi connectivity index (χ1n) is 11.3. The number of pyridine rings is 1. The number of piperazine rings is 1. The van der Waals surface area contributed by atoms with Gasteiger partial charge in [-0.05, 0) is 43.4 Å². The van der Waals surface area contributed by atoms with E-state index in [1.54, 1.807) is 12.4 Å². The number of rotatable bonds is 6. The van der Waals surface area contributed by atoms with Crippen molar-refractivity contribution in [1.29, 1.82) is 0 Å². The van der Waals surface area contributed by atoms with Gasteiger partial charge >= 0.3 is 0 Å². The molecule has 0 radical (unpaired) electrons. The molecule has 10 heteroatoms. The Morgan fingerprint density at radius 2 is 1.30 bits per heavy atom. The summed E-state index contributed by atoms with van der Waals surface area (Å²) < 4.78 is 5.45. The lowest BCUT2D eigenvalue weighted by Gasteiger charge is -2.32. The maximum Gasteiger partial charge on any atom is 0.233 e. The van der Waals surface area contributed by atoms with Crippen molar-refractivity contribution in [3.05, 3.63) is 48.8 Å². The van der Waals surface area contributed by atoms with Crippen LogP contribution in [0.1, 0.15) is 0 Å². The predicted octanol–water partition coefficient (Wildman–Crippen LogP) is 2.34. The molecule has 1 aromatic carbocycles. The number of nitrogens with zero attached hydrogens (tertiary/aromatic N) is 7. The van der Waals surface area contributed by atoms with Crippen molar-refractivity contribution < 1.29 is 4.74 Å². The minimum atomic E-state index is 0.498. The van der Waals surface area contributed by atoms with Crippen LogP contribution in [0.25, 0.3) is 0 Å². The van der Waals surface area contributed by atoms with Gasteiger partial charge in [-0.1, -0.05) is 0 Å². The third-order valence-corrected chi connectivity index (χ3v) is 5.85. The van der Waals surface area contributed by atoms with E-state index < -0.39 is 0 Å². The standard InChI is InChI=1S/C23H29N9O/c1-30-10-12-32(13-11-30)23-28-21(27-22(29-23)26-19-6-8-24-9-7-19)25-18-2-4-20(5-3-18)31-14-16-33-17-15-31/h2-9H,10-17H2,1H3,(H2,24,25,26,27,28,29). The molecular weight excluding hydrogens is 418 g/mol. The highest BCUT2D eigenvalue weighted by Gasteiger charge is 2.19. The van der Waals surface area contributed by atoms with Crippen LogP contribution in [-0.4, -0.2) is 84.4 Å². The predicted molar refractivity (Wildman–Crippen MR) is 130 cm³/mol. The number of likely N-dealkylation sites (N-methyl/N-ethyl adjacent to an activating group) is 1. The van der Waals surface area contributed by atoms with Gasteiger partial charge in [0, 0.05) is 68.7 Å². The zero-order valence-electron chi connectivity index (χ0n) is 18.8. The maximum absolute atomic E-state index is 5.45. The Morgan fingerprint density at radius 1 is 0.697 bits per heavy atom. The van der Waals surface area contributed by atoms with E-state index in [0.717, 1.165) is 63.9 Å². The van der Waals surface area contributed by atoms with Gasteiger partial charge in [-0.3, -0.25) is 4.98 Å². The lowest BCUT2D eigenvalue weighted by Crippen LogP contribution is -2.45. The molecule has 5 rings (SSSR count). The summed E-state index contributed by atoms with van der Waals surface area (Å²) in [5.41, 5.74) is 3.00. The number of benzene rings is 1. The number of aromatic nitrogens is 4. The molecule has 2 aliphatic rings. The molecule has 4 heterocycles. The van der Waals surface area contributed by atoms with Crippen molar-refractivity contribution in [3.63, 3.8) is 0 Å². The van der Waals surface area contributed by atoms with E-state index in [-0.39, 0.29) is 0 Å². The molecule has 0 saturated carbocycles. The van der Waals surface area contributed by atoms with E-state index in [9.17, 15) is 0 Å². The molecule has 2 saturated heterocycles. The largest absolute Gasteiger partial charge is 0.378 e. The molecule has 0 atom stereocenters. The van der Waals surface area contributed by atoms with Crippen molar-refractivity contribution in [1.82, 2.24) is 24.8 Å². The Bertz CT molecular complexity index is 1030. The van der Waals surface area contributed by atoms with Crippen molar-refractivity contribution in [2.24, 2.45) is 0 Å². The molecule has 2 aromatic heterocycles. The summed E-state index contributed by atoms with van der Waals surface area (Å²) in [7, 11) is 2.13. The summed E-state index contributed by atoms with van der Waals surface area (Å²) >= 11 is 0. The quantitative estimate of drug-likeness (QED) is 0.586. The number of hydrogen-bond acceptors (Lipinski definition) is 10. The van der Waals surface area contributed by atoms with Crippen LogP contribution < -0.4 is 20.4 Å². The molecule has 0 aliphatic carbocycles. The van der Waals surface area contributed by atoms with Crippen LogP contribution in [0, 0.1) is 0 Å². The molecule has 0 bridgehead atoms. The summed E-state index contributed by atoms with van der Waals surface area (Å²) in [4.78, 5) is 24.9. The van der Waals surface area contributed by atoms with E-state index in [4.69, 9.17) is 9.72 Å². The van der Waals surface area contributed by atoms with E-state index >= 15 is 0 Å². The van der Waals surface area contributed by atoms with Gasteiger partial charge in [-0.25, -0.2) is 0 Å². The molecule has 0 unspecified atom stereocenters. The van der Waals surface area contributed by atoms with Crippen LogP contribution in [0.2, 0.25) is 0 Å². The molecule has 33 heavy (non-hydrogen) atoms. The summed E-state index contributed by atoms with van der Waals surface area (Å²) in [5.74, 6) is 1.68. The van der Waals surface area contributed by atoms with Crippen molar-refractivity contribution in [2.75, 3.05) is 80.0 Å². The minimum Gasteiger partial charge on any atom is -0.378 e. The Hall–Kier alpha value is -3.50. The molecule has 3 aromatic rings. The molecule has 2 N–H and O–H groups in total. The van der Waals surface area contributed by atoms with Crippen LogP contribution in [0.15, 0.2) is 48.8 Å². The topological polar surface area (TPSA) is 94.6 Å². The van der Waals surface area contributed by atoms with Crippen LogP contribution in [0.4, 0.5) is 34.9 Å². The summed E-state index contributed by atoms with van der Waals surface area (Å²) in [5, 5.41) is 6.63. The van der Waals surface area contributed by atoms with Crippen LogP contribution in [0.5, 0.6) is 0 Å². The average molecular weight is 448 g/mol. The van der Waals surface area contributed by atoms with Crippen LogP contribution >= 0.6 is 0 Å². The average Bonchev–Trinajstić information content (AvgIpc) is 2.86. The summed E-state index contributed by atoms with van der Waals surface area (Å²) in [6, 6.07) is 12.1. The number of hydrogen-bond donors (Lipinski definition) is 2. The number of morpholine rings is 1. The summed E-state index contributed by atoms with van der Waals surface area (Å²) in [6.45, 7) is 7.08. The fraction of sp³-hybridized carbons (Fsp3) is 0.391. The van der Waals surface area contributed by atoms with Gasteiger partial charge in [0.2, 0.25) is 17.8 Å². The lowest BCUT2D eigenvalue weighted by atomic mass is 10.2. The molecule has 10 nitrogen and oxygen atoms in total. The van der Waals surface area contributed by atoms with Gasteiger partial charge < -0.3 is 30.1 Å². The van der Waals surface area contributed by atoms with E-state index in [0.29, 0.717) is 17.8 Å². The van der Waals surface area contributed by atoms with Crippen molar-refractivity contribution in [3.8, 4) is 0 Å². The highest BCUT2D eigenvalue weighted by atomic mass is 16.5. The molecule has 172 valence electrons. The maximum atomic E-state index is 5.45. The van der Waals surface area contributed by atoms with Gasteiger partial charge in [0.1, 0.15) is 0 Å². The van der Waals surface area contributed by atoms with Gasteiger partial charge in [0.05, 0.1) is 13.2 Å². The highest BCUT2D eigenvalue weighted by molar-refractivity contribution is 5.62. The second-order valence-corrected chi connectivity index (χ2v) is 8.21. The number of ether oxygens (including phenoxy) is 1. The highest BCUT2D eigenvalue weighted by Crippen LogP contribution is 2.23. The van der Waals surface area contributed by atoms with Gasteiger partial charge in [0.25, 0.3) is 0 Å². The Balaban J connectivity index is 1.37. The van der Waals surface area contributed by atoms with Crippen LogP contribution in [-0.2, 0) is 4.74 Å². The van der Waals surface area contributed by atoms with Gasteiger partial charge in [-0.15, -0.1) is 0 Å². The van der Waals surface area contributed by atoms with E-state index in [1.165, 1.54) is 5.69 Å². The van der Waals surface area contributed by atoms with Crippen molar-refractivity contribution >= 4 is 34.9 Å². The minimum absolute atomic E-state index is 0.498. The third-order valence-electron chi connectivity index (χ3n) is 5.85. The van der Waals surface area contributed by atoms with E-state index in [1.807, 2.05) is 12.1 Å². The first-order valence-corrected chi connectivity index (χ1v) is 11.3. The summed E-state index contributed by atoms with van der Waals surface area (Å²) in [6.07, 6.45) is 3.47. The molecule has 0 amide bonds. The number of nitrogens with one attached hydrogen (secondary N) is 2. The Morgan fingerprint density at radius 3 is 1.94 bits per heavy atom. The first-order chi connectivity index (χ1) is 16.2. The Labute approximate surface area is 193 Å². The third kappa shape index (κ3) is 5.47. The van der Waals surface area contributed by atoms with Gasteiger partial charge in [-0.2, -0.15) is 15.0 Å². The zero-order valence-corrected chi connectivity index (χ0v) is 18.8. The normalized spacial score (nSPS) is 17.1. The first kappa shape index (κ1) is 21.4. The lowest BCUT2D eigenvalue weighted by molar-refractivity contribution is 0.122. The smallest absolute Gasteiger partial charge is 0.233 e. The fourth-order valence-corrected chi connectivity index (χ4v) is 3.90. The Kier molecular flexibility index (Phi) is 6.45. The van der Waals surface area contributed by atoms with Crippen LogP contribution in [0.3, 0.4) is 0 Å². The molecule has 2 aliphatic heterocycles. The monoisotopic (exact) mass is 447 g/mol. The zero-order chi connectivity index (χ0) is 22.5. The molecule has 0 spiro atoms. The SMILES string of the molecule is CN1CCN(c2nc(Nc3ccncc3)nc(Nc3ccc(N4CCOCC4)cc3)n2)CC1. The second kappa shape index (κ2) is 9.97. The van der Waals surface area contributed by atoms with Crippen molar-refractivity contribution in [2.45, 2.75) is 0 Å².